The summed E-state index contributed by atoms with van der Waals surface area (Å²) in [6.45, 7) is 6.79. The predicted octanol–water partition coefficient (Wildman–Crippen LogP) is 4.50. The molecule has 0 N–H and O–H groups in total. The topological polar surface area (TPSA) is 0 Å². The molecule has 0 aliphatic carbocycles. The molecule has 0 aliphatic heterocycles. The van der Waals surface area contributed by atoms with Crippen molar-refractivity contribution in [2.75, 3.05) is 0 Å². The molecular formula is C15H20Fe. The summed E-state index contributed by atoms with van der Waals surface area (Å²) in [6.07, 6.45) is 1.21. The van der Waals surface area contributed by atoms with Gasteiger partial charge in [-0.05, 0) is 0 Å². The van der Waals surface area contributed by atoms with Crippen molar-refractivity contribution >= 4 is 0 Å². The van der Waals surface area contributed by atoms with Gasteiger partial charge < -0.3 is 0 Å². The van der Waals surface area contributed by atoms with Crippen LogP contribution >= 0.6 is 0 Å². The third-order valence-corrected chi connectivity index (χ3v) is 2.88. The van der Waals surface area contributed by atoms with Crippen molar-refractivity contribution in [1.82, 2.24) is 0 Å². The molecule has 0 unspecified atom stereocenters. The van der Waals surface area contributed by atoms with Crippen molar-refractivity contribution in [3.63, 3.8) is 0 Å². The Morgan fingerprint density at radius 1 is 1.00 bits per heavy atom. The third-order valence-electron chi connectivity index (χ3n) is 2.88. The van der Waals surface area contributed by atoms with Crippen LogP contribution in [0.25, 0.3) is 0 Å². The molecule has 0 fully saturated rings. The standard InChI is InChI=1S/C10H15.C5H5.Fe/c1-4-10(2,3)9-7-5-6-8-9;1-2-4-5-3-1;/h5-8H,4H2,1-3H3;1-5H;/q2*-1;+2. The van der Waals surface area contributed by atoms with E-state index in [1.165, 1.54) is 12.0 Å². The Bertz CT molecular complexity index is 310. The molecule has 0 bridgehead atoms. The molecular weight excluding hydrogens is 236 g/mol. The molecule has 0 aliphatic rings. The Balaban J connectivity index is 0.000000318. The van der Waals surface area contributed by atoms with E-state index < -0.39 is 0 Å². The van der Waals surface area contributed by atoms with Crippen molar-refractivity contribution in [2.24, 2.45) is 0 Å². The van der Waals surface area contributed by atoms with Crippen LogP contribution in [-0.4, -0.2) is 0 Å². The first-order valence-electron chi connectivity index (χ1n) is 5.55. The monoisotopic (exact) mass is 256 g/mol. The summed E-state index contributed by atoms with van der Waals surface area (Å²) in [4.78, 5) is 0. The van der Waals surface area contributed by atoms with Gasteiger partial charge in [0.1, 0.15) is 0 Å². The quantitative estimate of drug-likeness (QED) is 0.548. The molecule has 16 heavy (non-hydrogen) atoms. The van der Waals surface area contributed by atoms with Crippen LogP contribution < -0.4 is 0 Å². The minimum absolute atomic E-state index is 0. The molecule has 0 aromatic heterocycles. The molecule has 0 spiro atoms. The third kappa shape index (κ3) is 4.83. The van der Waals surface area contributed by atoms with Crippen molar-refractivity contribution < 1.29 is 17.1 Å². The first-order valence-corrected chi connectivity index (χ1v) is 5.55. The summed E-state index contributed by atoms with van der Waals surface area (Å²) >= 11 is 0. The molecule has 2 aromatic carbocycles. The van der Waals surface area contributed by atoms with Crippen molar-refractivity contribution in [1.29, 1.82) is 0 Å². The van der Waals surface area contributed by atoms with Crippen LogP contribution in [-0.2, 0) is 22.5 Å². The van der Waals surface area contributed by atoms with Crippen molar-refractivity contribution in [3.8, 4) is 0 Å². The van der Waals surface area contributed by atoms with Crippen LogP contribution in [0.15, 0.2) is 54.6 Å². The fraction of sp³-hybridized carbons (Fsp3) is 0.333. The molecule has 2 rings (SSSR count). The van der Waals surface area contributed by atoms with E-state index in [0.717, 1.165) is 0 Å². The van der Waals surface area contributed by atoms with Gasteiger partial charge in [0.2, 0.25) is 0 Å². The van der Waals surface area contributed by atoms with Crippen LogP contribution in [0.5, 0.6) is 0 Å². The fourth-order valence-corrected chi connectivity index (χ4v) is 1.35. The second-order valence-corrected chi connectivity index (χ2v) is 4.37. The Kier molecular flexibility index (Phi) is 7.12. The first-order chi connectivity index (χ1) is 7.17. The zero-order valence-electron chi connectivity index (χ0n) is 10.3. The van der Waals surface area contributed by atoms with Gasteiger partial charge in [-0.1, -0.05) is 32.6 Å². The second-order valence-electron chi connectivity index (χ2n) is 4.37. The Morgan fingerprint density at radius 3 is 1.81 bits per heavy atom. The Hall–Kier alpha value is -0.781. The molecule has 0 nitrogen and oxygen atoms in total. The van der Waals surface area contributed by atoms with E-state index in [0.29, 0.717) is 5.41 Å². The van der Waals surface area contributed by atoms with Gasteiger partial charge in [0.25, 0.3) is 0 Å². The summed E-state index contributed by atoms with van der Waals surface area (Å²) in [5.41, 5.74) is 1.82. The van der Waals surface area contributed by atoms with Gasteiger partial charge >= 0.3 is 17.1 Å². The average molecular weight is 256 g/mol. The fourth-order valence-electron chi connectivity index (χ4n) is 1.35. The Labute approximate surface area is 110 Å². The van der Waals surface area contributed by atoms with E-state index in [9.17, 15) is 0 Å². The average Bonchev–Trinajstić information content (AvgIpc) is 2.93. The van der Waals surface area contributed by atoms with Gasteiger partial charge in [-0.15, -0.1) is 0 Å². The minimum Gasteiger partial charge on any atom is -0.214 e. The molecule has 88 valence electrons. The Morgan fingerprint density at radius 2 is 1.50 bits per heavy atom. The van der Waals surface area contributed by atoms with Crippen molar-refractivity contribution in [2.45, 2.75) is 32.6 Å². The molecule has 0 heterocycles. The zero-order valence-corrected chi connectivity index (χ0v) is 11.4. The predicted molar refractivity (Wildman–Crippen MR) is 67.4 cm³/mol. The molecule has 0 atom stereocenters. The SMILES string of the molecule is CCC(C)(C)[c-]1cccc1.[Fe+2].c1cc[cH-]c1. The molecule has 0 radical (unpaired) electrons. The zero-order chi connectivity index (χ0) is 11.1. The van der Waals surface area contributed by atoms with Crippen LogP contribution in [0, 0.1) is 0 Å². The number of hydrogen-bond donors (Lipinski definition) is 0. The van der Waals surface area contributed by atoms with Gasteiger partial charge in [0.15, 0.2) is 0 Å². The van der Waals surface area contributed by atoms with Crippen LogP contribution in [0.1, 0.15) is 32.8 Å². The van der Waals surface area contributed by atoms with E-state index in [4.69, 9.17) is 0 Å². The summed E-state index contributed by atoms with van der Waals surface area (Å²) in [5, 5.41) is 0. The van der Waals surface area contributed by atoms with Crippen LogP contribution in [0.3, 0.4) is 0 Å². The first kappa shape index (κ1) is 15.2. The van der Waals surface area contributed by atoms with Gasteiger partial charge in [-0.25, -0.2) is 24.3 Å². The van der Waals surface area contributed by atoms with E-state index >= 15 is 0 Å². The minimum atomic E-state index is 0. The molecule has 0 saturated heterocycles. The second kappa shape index (κ2) is 7.49. The smallest absolute Gasteiger partial charge is 0.214 e. The summed E-state index contributed by atoms with van der Waals surface area (Å²) in [5.74, 6) is 0. The number of hydrogen-bond acceptors (Lipinski definition) is 0. The van der Waals surface area contributed by atoms with Gasteiger partial charge in [-0.3, -0.25) is 0 Å². The van der Waals surface area contributed by atoms with Gasteiger partial charge in [0, 0.05) is 0 Å². The molecule has 0 saturated carbocycles. The van der Waals surface area contributed by atoms with Crippen LogP contribution in [0.4, 0.5) is 0 Å². The van der Waals surface area contributed by atoms with E-state index in [1.54, 1.807) is 0 Å². The summed E-state index contributed by atoms with van der Waals surface area (Å²) in [7, 11) is 0. The van der Waals surface area contributed by atoms with Crippen LogP contribution in [0.2, 0.25) is 0 Å². The van der Waals surface area contributed by atoms with Crippen molar-refractivity contribution in [3.05, 3.63) is 60.2 Å². The normalized spacial score (nSPS) is 9.94. The van der Waals surface area contributed by atoms with Gasteiger partial charge in [0.05, 0.1) is 0 Å². The molecule has 0 amide bonds. The molecule has 2 aromatic rings. The largest absolute Gasteiger partial charge is 2.00 e. The maximum absolute atomic E-state index is 2.28. The summed E-state index contributed by atoms with van der Waals surface area (Å²) in [6, 6.07) is 18.6. The van der Waals surface area contributed by atoms with E-state index in [2.05, 4.69) is 45.0 Å². The summed E-state index contributed by atoms with van der Waals surface area (Å²) < 4.78 is 0. The van der Waals surface area contributed by atoms with E-state index in [-0.39, 0.29) is 17.1 Å². The molecule has 1 heteroatoms. The van der Waals surface area contributed by atoms with Gasteiger partial charge in [-0.2, -0.15) is 35.9 Å². The maximum atomic E-state index is 2.28. The number of rotatable bonds is 2. The maximum Gasteiger partial charge on any atom is 2.00 e. The van der Waals surface area contributed by atoms with E-state index in [1.807, 2.05) is 30.3 Å².